The number of rotatable bonds is 9. The first kappa shape index (κ1) is 19.9. The molecule has 1 amide bonds. The number of hydrogen-bond donors (Lipinski definition) is 3. The highest BCUT2D eigenvalue weighted by atomic mass is 16.4. The number of carboxylic acids is 1. The van der Waals surface area contributed by atoms with Crippen molar-refractivity contribution >= 4 is 11.9 Å². The summed E-state index contributed by atoms with van der Waals surface area (Å²) in [5, 5.41) is 11.7. The van der Waals surface area contributed by atoms with Crippen molar-refractivity contribution in [3.8, 4) is 0 Å². The van der Waals surface area contributed by atoms with E-state index in [4.69, 9.17) is 10.8 Å². The van der Waals surface area contributed by atoms with Crippen molar-refractivity contribution in [1.82, 2.24) is 5.32 Å². The normalized spacial score (nSPS) is 16.1. The van der Waals surface area contributed by atoms with Gasteiger partial charge in [-0.1, -0.05) is 41.0 Å². The van der Waals surface area contributed by atoms with Crippen LogP contribution in [0.4, 0.5) is 0 Å². The van der Waals surface area contributed by atoms with Gasteiger partial charge in [0.15, 0.2) is 0 Å². The molecule has 5 heteroatoms. The summed E-state index contributed by atoms with van der Waals surface area (Å²) >= 11 is 0. The Labute approximate surface area is 128 Å². The average molecular weight is 300 g/mol. The van der Waals surface area contributed by atoms with Crippen molar-refractivity contribution in [1.29, 1.82) is 0 Å². The smallest absolute Gasteiger partial charge is 0.303 e. The molecule has 0 bridgehead atoms. The second-order valence-corrected chi connectivity index (χ2v) is 6.99. The minimum Gasteiger partial charge on any atom is -0.481 e. The molecule has 0 heterocycles. The predicted octanol–water partition coefficient (Wildman–Crippen LogP) is 2.39. The van der Waals surface area contributed by atoms with E-state index in [0.717, 1.165) is 12.8 Å². The van der Waals surface area contributed by atoms with Crippen LogP contribution in [-0.4, -0.2) is 29.6 Å². The van der Waals surface area contributed by atoms with E-state index in [1.54, 1.807) is 0 Å². The quantitative estimate of drug-likeness (QED) is 0.609. The molecule has 4 N–H and O–H groups in total. The maximum Gasteiger partial charge on any atom is 0.303 e. The van der Waals surface area contributed by atoms with Crippen molar-refractivity contribution in [2.75, 3.05) is 6.54 Å². The molecule has 0 radical (unpaired) electrons. The first-order valence-electron chi connectivity index (χ1n) is 7.84. The number of nitrogens with two attached hydrogens (primary N) is 1. The Balaban J connectivity index is 4.31. The standard InChI is InChI=1S/C16H32N2O3/c1-6-11(2)14(17)15(21)18-10-9-12(16(3,4)5)7-8-13(19)20/h11-12,14H,6-10,17H2,1-5H3,(H,18,21)(H,19,20)/t11-,12?,14-/m0/s1. The van der Waals surface area contributed by atoms with Gasteiger partial charge in [0.1, 0.15) is 0 Å². The molecule has 5 nitrogen and oxygen atoms in total. The second-order valence-electron chi connectivity index (χ2n) is 6.99. The van der Waals surface area contributed by atoms with Crippen molar-refractivity contribution in [2.45, 2.75) is 66.3 Å². The van der Waals surface area contributed by atoms with Crippen LogP contribution in [0.2, 0.25) is 0 Å². The fourth-order valence-electron chi connectivity index (χ4n) is 2.31. The van der Waals surface area contributed by atoms with E-state index in [9.17, 15) is 9.59 Å². The minimum absolute atomic E-state index is 0.0268. The summed E-state index contributed by atoms with van der Waals surface area (Å²) < 4.78 is 0. The molecule has 0 saturated heterocycles. The van der Waals surface area contributed by atoms with Crippen LogP contribution >= 0.6 is 0 Å². The zero-order valence-corrected chi connectivity index (χ0v) is 14.1. The molecule has 1 unspecified atom stereocenters. The van der Waals surface area contributed by atoms with Crippen LogP contribution in [0.5, 0.6) is 0 Å². The summed E-state index contributed by atoms with van der Waals surface area (Å²) in [6.07, 6.45) is 2.45. The fourth-order valence-corrected chi connectivity index (χ4v) is 2.31. The Bertz CT molecular complexity index is 337. The van der Waals surface area contributed by atoms with E-state index < -0.39 is 12.0 Å². The third kappa shape index (κ3) is 8.05. The van der Waals surface area contributed by atoms with Crippen LogP contribution in [0.15, 0.2) is 0 Å². The largest absolute Gasteiger partial charge is 0.481 e. The highest BCUT2D eigenvalue weighted by molar-refractivity contribution is 5.81. The van der Waals surface area contributed by atoms with Gasteiger partial charge in [-0.25, -0.2) is 0 Å². The van der Waals surface area contributed by atoms with Crippen LogP contribution in [-0.2, 0) is 9.59 Å². The lowest BCUT2D eigenvalue weighted by Gasteiger charge is -2.31. The first-order chi connectivity index (χ1) is 9.59. The van der Waals surface area contributed by atoms with Crippen LogP contribution in [0.3, 0.4) is 0 Å². The van der Waals surface area contributed by atoms with Gasteiger partial charge in [-0.3, -0.25) is 9.59 Å². The number of nitrogens with one attached hydrogen (secondary N) is 1. The van der Waals surface area contributed by atoms with E-state index in [0.29, 0.717) is 13.0 Å². The molecule has 0 aromatic carbocycles. The number of carbonyl (C=O) groups excluding carboxylic acids is 1. The van der Waals surface area contributed by atoms with Crippen molar-refractivity contribution < 1.29 is 14.7 Å². The van der Waals surface area contributed by atoms with Crippen molar-refractivity contribution in [3.05, 3.63) is 0 Å². The third-order valence-corrected chi connectivity index (χ3v) is 4.28. The van der Waals surface area contributed by atoms with Gasteiger partial charge in [0.25, 0.3) is 0 Å². The molecule has 0 rings (SSSR count). The van der Waals surface area contributed by atoms with Crippen LogP contribution < -0.4 is 11.1 Å². The van der Waals surface area contributed by atoms with E-state index >= 15 is 0 Å². The molecule has 0 aliphatic rings. The summed E-state index contributed by atoms with van der Waals surface area (Å²) in [5.74, 6) is -0.466. The predicted molar refractivity (Wildman–Crippen MR) is 84.9 cm³/mol. The SMILES string of the molecule is CC[C@H](C)[C@H](N)C(=O)NCCC(CCC(=O)O)C(C)(C)C. The molecule has 0 aromatic rings. The van der Waals surface area contributed by atoms with Gasteiger partial charge in [-0.15, -0.1) is 0 Å². The number of hydrogen-bond acceptors (Lipinski definition) is 3. The van der Waals surface area contributed by atoms with E-state index in [2.05, 4.69) is 26.1 Å². The monoisotopic (exact) mass is 300 g/mol. The first-order valence-corrected chi connectivity index (χ1v) is 7.84. The van der Waals surface area contributed by atoms with Gasteiger partial charge < -0.3 is 16.2 Å². The molecular weight excluding hydrogens is 268 g/mol. The Morgan fingerprint density at radius 2 is 1.81 bits per heavy atom. The topological polar surface area (TPSA) is 92.4 Å². The molecule has 0 spiro atoms. The lowest BCUT2D eigenvalue weighted by Crippen LogP contribution is -2.45. The Kier molecular flexibility index (Phi) is 8.55. The number of amides is 1. The molecule has 0 aliphatic heterocycles. The molecule has 3 atom stereocenters. The van der Waals surface area contributed by atoms with Gasteiger partial charge in [-0.2, -0.15) is 0 Å². The van der Waals surface area contributed by atoms with Crippen LogP contribution in [0.25, 0.3) is 0 Å². The molecule has 0 fully saturated rings. The van der Waals surface area contributed by atoms with Gasteiger partial charge in [0.05, 0.1) is 6.04 Å². The van der Waals surface area contributed by atoms with Crippen LogP contribution in [0.1, 0.15) is 60.3 Å². The zero-order valence-electron chi connectivity index (χ0n) is 14.1. The maximum absolute atomic E-state index is 11.9. The van der Waals surface area contributed by atoms with E-state index in [1.807, 2.05) is 13.8 Å². The summed E-state index contributed by atoms with van der Waals surface area (Å²) in [6.45, 7) is 10.8. The summed E-state index contributed by atoms with van der Waals surface area (Å²) in [4.78, 5) is 22.6. The minimum atomic E-state index is -0.771. The van der Waals surface area contributed by atoms with Gasteiger partial charge in [0, 0.05) is 13.0 Å². The second kappa shape index (κ2) is 9.03. The lowest BCUT2D eigenvalue weighted by molar-refractivity contribution is -0.137. The average Bonchev–Trinajstić information content (AvgIpc) is 2.38. The maximum atomic E-state index is 11.9. The summed E-state index contributed by atoms with van der Waals surface area (Å²) in [7, 11) is 0. The van der Waals surface area contributed by atoms with Gasteiger partial charge in [0.2, 0.25) is 5.91 Å². The Morgan fingerprint density at radius 1 is 1.24 bits per heavy atom. The fraction of sp³-hybridized carbons (Fsp3) is 0.875. The molecule has 21 heavy (non-hydrogen) atoms. The molecule has 124 valence electrons. The van der Waals surface area contributed by atoms with E-state index in [1.165, 1.54) is 0 Å². The van der Waals surface area contributed by atoms with E-state index in [-0.39, 0.29) is 29.6 Å². The highest BCUT2D eigenvalue weighted by Crippen LogP contribution is 2.32. The molecular formula is C16H32N2O3. The molecule has 0 aromatic heterocycles. The molecule has 0 aliphatic carbocycles. The zero-order chi connectivity index (χ0) is 16.6. The number of carbonyl (C=O) groups is 2. The van der Waals surface area contributed by atoms with Crippen molar-refractivity contribution in [3.63, 3.8) is 0 Å². The highest BCUT2D eigenvalue weighted by Gasteiger charge is 2.25. The molecule has 0 saturated carbocycles. The van der Waals surface area contributed by atoms with Crippen LogP contribution in [0, 0.1) is 17.3 Å². The summed E-state index contributed by atoms with van der Waals surface area (Å²) in [5.41, 5.74) is 5.91. The number of aliphatic carboxylic acids is 1. The van der Waals surface area contributed by atoms with Gasteiger partial charge >= 0.3 is 5.97 Å². The summed E-state index contributed by atoms with van der Waals surface area (Å²) in [6, 6.07) is -0.470. The van der Waals surface area contributed by atoms with Crippen molar-refractivity contribution in [2.24, 2.45) is 23.0 Å². The number of carboxylic acid groups (broad SMARTS) is 1. The Morgan fingerprint density at radius 3 is 2.24 bits per heavy atom. The lowest BCUT2D eigenvalue weighted by atomic mass is 9.76. The van der Waals surface area contributed by atoms with Gasteiger partial charge in [-0.05, 0) is 30.1 Å². The Hall–Kier alpha value is -1.10. The third-order valence-electron chi connectivity index (χ3n) is 4.28.